The summed E-state index contributed by atoms with van der Waals surface area (Å²) in [5.74, 6) is 0.361. The molecule has 1 heterocycles. The highest BCUT2D eigenvalue weighted by atomic mass is 16.1. The Balaban J connectivity index is 1.53. The number of aryl methyl sites for hydroxylation is 2. The van der Waals surface area contributed by atoms with Crippen molar-refractivity contribution in [2.24, 2.45) is 0 Å². The number of anilines is 2. The Kier molecular flexibility index (Phi) is 6.00. The zero-order valence-corrected chi connectivity index (χ0v) is 15.5. The van der Waals surface area contributed by atoms with E-state index in [1.165, 1.54) is 36.8 Å². The van der Waals surface area contributed by atoms with E-state index in [1.54, 1.807) is 12.4 Å². The molecule has 0 spiro atoms. The van der Waals surface area contributed by atoms with Crippen molar-refractivity contribution < 1.29 is 4.79 Å². The molecule has 1 aromatic carbocycles. The molecule has 26 heavy (non-hydrogen) atoms. The van der Waals surface area contributed by atoms with E-state index in [4.69, 9.17) is 0 Å². The molecule has 0 atom stereocenters. The van der Waals surface area contributed by atoms with Crippen LogP contribution in [0, 0.1) is 13.8 Å². The molecule has 136 valence electrons. The average Bonchev–Trinajstić information content (AvgIpc) is 2.65. The maximum Gasteiger partial charge on any atom is 0.258 e. The van der Waals surface area contributed by atoms with E-state index in [9.17, 15) is 4.79 Å². The van der Waals surface area contributed by atoms with Gasteiger partial charge >= 0.3 is 0 Å². The van der Waals surface area contributed by atoms with Gasteiger partial charge in [0.15, 0.2) is 0 Å². The third kappa shape index (κ3) is 4.91. The number of nitrogens with one attached hydrogen (secondary N) is 2. The first-order chi connectivity index (χ1) is 12.6. The van der Waals surface area contributed by atoms with Crippen molar-refractivity contribution in [3.05, 3.63) is 58.9 Å². The van der Waals surface area contributed by atoms with Crippen molar-refractivity contribution in [1.29, 1.82) is 0 Å². The van der Waals surface area contributed by atoms with Crippen LogP contribution in [-0.2, 0) is 0 Å². The van der Waals surface area contributed by atoms with Gasteiger partial charge in [-0.15, -0.1) is 0 Å². The second-order valence-electron chi connectivity index (χ2n) is 6.85. The molecule has 2 aromatic rings. The Bertz CT molecular complexity index is 796. The summed E-state index contributed by atoms with van der Waals surface area (Å²) >= 11 is 0. The predicted octanol–water partition coefficient (Wildman–Crippen LogP) is 4.65. The van der Waals surface area contributed by atoms with Crippen LogP contribution in [0.4, 0.5) is 11.6 Å². The summed E-state index contributed by atoms with van der Waals surface area (Å²) < 4.78 is 0. The summed E-state index contributed by atoms with van der Waals surface area (Å²) in [6.45, 7) is 4.83. The highest BCUT2D eigenvalue weighted by Gasteiger charge is 2.09. The van der Waals surface area contributed by atoms with E-state index in [2.05, 4.69) is 26.7 Å². The summed E-state index contributed by atoms with van der Waals surface area (Å²) in [5.41, 5.74) is 4.99. The van der Waals surface area contributed by atoms with Gasteiger partial charge in [0.2, 0.25) is 5.95 Å². The van der Waals surface area contributed by atoms with Gasteiger partial charge in [-0.3, -0.25) is 4.79 Å². The van der Waals surface area contributed by atoms with Crippen molar-refractivity contribution in [1.82, 2.24) is 9.97 Å². The maximum atomic E-state index is 12.4. The molecule has 1 amide bonds. The van der Waals surface area contributed by atoms with Gasteiger partial charge in [-0.05, 0) is 57.6 Å². The van der Waals surface area contributed by atoms with Gasteiger partial charge in [0, 0.05) is 24.6 Å². The number of allylic oxidation sites excluding steroid dienone is 1. The lowest BCUT2D eigenvalue weighted by Gasteiger charge is -2.13. The molecule has 0 radical (unpaired) electrons. The van der Waals surface area contributed by atoms with E-state index < -0.39 is 0 Å². The van der Waals surface area contributed by atoms with Crippen LogP contribution in [0.2, 0.25) is 0 Å². The second kappa shape index (κ2) is 8.61. The highest BCUT2D eigenvalue weighted by Crippen LogP contribution is 2.20. The Morgan fingerprint density at radius 2 is 1.96 bits per heavy atom. The molecule has 0 fully saturated rings. The number of aromatic nitrogens is 2. The van der Waals surface area contributed by atoms with Gasteiger partial charge < -0.3 is 10.6 Å². The largest absolute Gasteiger partial charge is 0.354 e. The molecular weight excluding hydrogens is 324 g/mol. The molecule has 2 N–H and O–H groups in total. The highest BCUT2D eigenvalue weighted by molar-refractivity contribution is 6.04. The first-order valence-corrected chi connectivity index (χ1v) is 9.24. The van der Waals surface area contributed by atoms with Crippen LogP contribution in [0.3, 0.4) is 0 Å². The fourth-order valence-corrected chi connectivity index (χ4v) is 3.15. The van der Waals surface area contributed by atoms with Gasteiger partial charge in [0.25, 0.3) is 5.91 Å². The zero-order valence-electron chi connectivity index (χ0n) is 15.5. The molecule has 5 nitrogen and oxygen atoms in total. The lowest BCUT2D eigenvalue weighted by Crippen LogP contribution is -2.14. The van der Waals surface area contributed by atoms with Crippen molar-refractivity contribution >= 4 is 17.5 Å². The third-order valence-electron chi connectivity index (χ3n) is 4.66. The van der Waals surface area contributed by atoms with Crippen LogP contribution in [0.1, 0.15) is 53.6 Å². The number of amides is 1. The number of carbonyl (C=O) groups excluding carboxylic acids is 1. The van der Waals surface area contributed by atoms with E-state index in [1.807, 2.05) is 32.0 Å². The minimum atomic E-state index is -0.198. The average molecular weight is 350 g/mol. The predicted molar refractivity (Wildman–Crippen MR) is 106 cm³/mol. The molecule has 0 bridgehead atoms. The van der Waals surface area contributed by atoms with E-state index in [-0.39, 0.29) is 5.91 Å². The van der Waals surface area contributed by atoms with Crippen LogP contribution in [0.15, 0.2) is 42.2 Å². The molecule has 0 aliphatic heterocycles. The van der Waals surface area contributed by atoms with E-state index in [0.29, 0.717) is 11.5 Å². The molecule has 0 unspecified atom stereocenters. The van der Waals surface area contributed by atoms with Crippen molar-refractivity contribution in [2.45, 2.75) is 46.0 Å². The van der Waals surface area contributed by atoms with Crippen molar-refractivity contribution in [3.8, 4) is 0 Å². The smallest absolute Gasteiger partial charge is 0.258 e. The summed E-state index contributed by atoms with van der Waals surface area (Å²) in [6.07, 6.45) is 11.5. The van der Waals surface area contributed by atoms with Gasteiger partial charge in [-0.25, -0.2) is 9.97 Å². The first kappa shape index (κ1) is 18.1. The fourth-order valence-electron chi connectivity index (χ4n) is 3.15. The van der Waals surface area contributed by atoms with Crippen LogP contribution in [0.5, 0.6) is 0 Å². The Morgan fingerprint density at radius 3 is 2.65 bits per heavy atom. The fraction of sp³-hybridized carbons (Fsp3) is 0.381. The first-order valence-electron chi connectivity index (χ1n) is 9.24. The van der Waals surface area contributed by atoms with E-state index >= 15 is 0 Å². The number of hydrogen-bond acceptors (Lipinski definition) is 4. The van der Waals surface area contributed by atoms with Gasteiger partial charge in [0.05, 0.1) is 5.56 Å². The lowest BCUT2D eigenvalue weighted by molar-refractivity contribution is 0.102. The molecule has 1 aliphatic rings. The standard InChI is InChI=1S/C21H26N4O/c1-15-8-9-19(16(2)12-15)25-20(26)18-13-23-21(24-14-18)22-11-10-17-6-4-3-5-7-17/h6,8-9,12-14H,3-5,7,10-11H2,1-2H3,(H,25,26)(H,22,23,24). The van der Waals surface area contributed by atoms with Gasteiger partial charge in [-0.1, -0.05) is 29.3 Å². The molecule has 0 saturated carbocycles. The van der Waals surface area contributed by atoms with Crippen LogP contribution >= 0.6 is 0 Å². The zero-order chi connectivity index (χ0) is 18.4. The third-order valence-corrected chi connectivity index (χ3v) is 4.66. The summed E-state index contributed by atoms with van der Waals surface area (Å²) in [4.78, 5) is 20.9. The van der Waals surface area contributed by atoms with E-state index in [0.717, 1.165) is 24.2 Å². The number of carbonyl (C=O) groups is 1. The topological polar surface area (TPSA) is 66.9 Å². The molecule has 1 aromatic heterocycles. The maximum absolute atomic E-state index is 12.4. The SMILES string of the molecule is Cc1ccc(NC(=O)c2cnc(NCCC3=CCCCC3)nc2)c(C)c1. The van der Waals surface area contributed by atoms with Gasteiger partial charge in [0.1, 0.15) is 0 Å². The molecular formula is C21H26N4O. The number of nitrogens with zero attached hydrogens (tertiary/aromatic N) is 2. The Hall–Kier alpha value is -2.69. The summed E-state index contributed by atoms with van der Waals surface area (Å²) in [6, 6.07) is 5.94. The van der Waals surface area contributed by atoms with Crippen LogP contribution in [-0.4, -0.2) is 22.4 Å². The Morgan fingerprint density at radius 1 is 1.15 bits per heavy atom. The summed E-state index contributed by atoms with van der Waals surface area (Å²) in [7, 11) is 0. The normalized spacial score (nSPS) is 13.8. The minimum absolute atomic E-state index is 0.198. The molecule has 3 rings (SSSR count). The second-order valence-corrected chi connectivity index (χ2v) is 6.85. The summed E-state index contributed by atoms with van der Waals surface area (Å²) in [5, 5.41) is 6.14. The number of rotatable bonds is 6. The van der Waals surface area contributed by atoms with Crippen molar-refractivity contribution in [2.75, 3.05) is 17.2 Å². The number of hydrogen-bond donors (Lipinski definition) is 2. The lowest BCUT2D eigenvalue weighted by atomic mass is 9.97. The molecule has 0 saturated heterocycles. The monoisotopic (exact) mass is 350 g/mol. The van der Waals surface area contributed by atoms with Crippen LogP contribution in [0.25, 0.3) is 0 Å². The Labute approximate surface area is 155 Å². The molecule has 5 heteroatoms. The number of benzene rings is 1. The molecule has 1 aliphatic carbocycles. The van der Waals surface area contributed by atoms with Crippen molar-refractivity contribution in [3.63, 3.8) is 0 Å². The van der Waals surface area contributed by atoms with Crippen LogP contribution < -0.4 is 10.6 Å². The quantitative estimate of drug-likeness (QED) is 0.744. The van der Waals surface area contributed by atoms with Gasteiger partial charge in [-0.2, -0.15) is 0 Å². The minimum Gasteiger partial charge on any atom is -0.354 e.